The minimum absolute atomic E-state index is 0.0544. The van der Waals surface area contributed by atoms with Crippen LogP contribution in [0.4, 0.5) is 0 Å². The van der Waals surface area contributed by atoms with Crippen molar-refractivity contribution in [3.63, 3.8) is 0 Å². The van der Waals surface area contributed by atoms with E-state index in [1.54, 1.807) is 0 Å². The van der Waals surface area contributed by atoms with E-state index in [2.05, 4.69) is 6.92 Å². The zero-order valence-electron chi connectivity index (χ0n) is 5.88. The Morgan fingerprint density at radius 3 is 2.33 bits per heavy atom. The second-order valence-corrected chi connectivity index (χ2v) is 3.66. The third kappa shape index (κ3) is 0.644. The molecule has 1 N–H and O–H groups in total. The Morgan fingerprint density at radius 2 is 2.11 bits per heavy atom. The van der Waals surface area contributed by atoms with Crippen LogP contribution in [-0.2, 0) is 0 Å². The summed E-state index contributed by atoms with van der Waals surface area (Å²) < 4.78 is 0. The van der Waals surface area contributed by atoms with Gasteiger partial charge in [0.2, 0.25) is 0 Å². The summed E-state index contributed by atoms with van der Waals surface area (Å²) in [5.41, 5.74) is 0. The van der Waals surface area contributed by atoms with Crippen LogP contribution in [0.15, 0.2) is 0 Å². The molecule has 2 bridgehead atoms. The first-order valence-corrected chi connectivity index (χ1v) is 3.97. The molecule has 1 nitrogen and oxygen atoms in total. The van der Waals surface area contributed by atoms with Gasteiger partial charge in [0, 0.05) is 0 Å². The van der Waals surface area contributed by atoms with Crippen molar-refractivity contribution in [1.29, 1.82) is 0 Å². The highest BCUT2D eigenvalue weighted by Crippen LogP contribution is 2.48. The lowest BCUT2D eigenvalue weighted by Gasteiger charge is -2.14. The van der Waals surface area contributed by atoms with Crippen LogP contribution in [0, 0.1) is 17.8 Å². The lowest BCUT2D eigenvalue weighted by atomic mass is 9.98. The number of rotatable bonds is 0. The molecule has 52 valence electrons. The molecule has 2 saturated carbocycles. The van der Waals surface area contributed by atoms with Crippen molar-refractivity contribution in [2.45, 2.75) is 32.3 Å². The van der Waals surface area contributed by atoms with Crippen molar-refractivity contribution in [2.24, 2.45) is 17.8 Å². The second-order valence-electron chi connectivity index (χ2n) is 3.66. The maximum Gasteiger partial charge on any atom is 0.0573 e. The van der Waals surface area contributed by atoms with Gasteiger partial charge in [0.15, 0.2) is 0 Å². The zero-order chi connectivity index (χ0) is 6.43. The Labute approximate surface area is 56.1 Å². The van der Waals surface area contributed by atoms with E-state index in [9.17, 15) is 5.11 Å². The van der Waals surface area contributed by atoms with E-state index in [4.69, 9.17) is 0 Å². The molecular weight excluding hydrogens is 112 g/mol. The lowest BCUT2D eigenvalue weighted by molar-refractivity contribution is 0.108. The molecule has 0 aliphatic heterocycles. The van der Waals surface area contributed by atoms with Crippen LogP contribution in [0.3, 0.4) is 0 Å². The van der Waals surface area contributed by atoms with Crippen molar-refractivity contribution >= 4 is 0 Å². The molecule has 0 aromatic heterocycles. The van der Waals surface area contributed by atoms with Gasteiger partial charge in [-0.05, 0) is 37.0 Å². The Bertz CT molecular complexity index is 122. The first-order valence-electron chi connectivity index (χ1n) is 3.97. The van der Waals surface area contributed by atoms with Gasteiger partial charge in [-0.2, -0.15) is 0 Å². The summed E-state index contributed by atoms with van der Waals surface area (Å²) in [5, 5.41) is 9.39. The maximum atomic E-state index is 9.39. The second kappa shape index (κ2) is 1.72. The molecule has 9 heavy (non-hydrogen) atoms. The van der Waals surface area contributed by atoms with Gasteiger partial charge in [-0.25, -0.2) is 0 Å². The van der Waals surface area contributed by atoms with Gasteiger partial charge in [0.05, 0.1) is 6.10 Å². The SMILES string of the molecule is CC1[C@H]2CC[C@@H]1[C@@H](O)C2. The minimum atomic E-state index is 0.0544. The molecule has 0 aromatic carbocycles. The van der Waals surface area contributed by atoms with Crippen LogP contribution >= 0.6 is 0 Å². The van der Waals surface area contributed by atoms with E-state index in [0.29, 0.717) is 5.92 Å². The summed E-state index contributed by atoms with van der Waals surface area (Å²) in [6.45, 7) is 2.29. The fourth-order valence-electron chi connectivity index (χ4n) is 2.64. The average Bonchev–Trinajstić information content (AvgIpc) is 2.25. The third-order valence-electron chi connectivity index (χ3n) is 3.33. The highest BCUT2D eigenvalue weighted by Gasteiger charge is 2.44. The van der Waals surface area contributed by atoms with Gasteiger partial charge < -0.3 is 5.11 Å². The summed E-state index contributed by atoms with van der Waals surface area (Å²) in [7, 11) is 0. The van der Waals surface area contributed by atoms with Gasteiger partial charge in [0.25, 0.3) is 0 Å². The fourth-order valence-corrected chi connectivity index (χ4v) is 2.64. The topological polar surface area (TPSA) is 20.2 Å². The highest BCUT2D eigenvalue weighted by molar-refractivity contribution is 4.94. The van der Waals surface area contributed by atoms with E-state index in [-0.39, 0.29) is 6.10 Å². The van der Waals surface area contributed by atoms with Crippen molar-refractivity contribution in [3.8, 4) is 0 Å². The van der Waals surface area contributed by atoms with Crippen molar-refractivity contribution in [1.82, 2.24) is 0 Å². The number of hydrogen-bond donors (Lipinski definition) is 1. The first kappa shape index (κ1) is 5.72. The Kier molecular flexibility index (Phi) is 1.10. The molecule has 0 amide bonds. The third-order valence-corrected chi connectivity index (χ3v) is 3.33. The van der Waals surface area contributed by atoms with Crippen LogP contribution in [-0.4, -0.2) is 11.2 Å². The summed E-state index contributed by atoms with van der Waals surface area (Å²) in [6.07, 6.45) is 3.81. The van der Waals surface area contributed by atoms with E-state index in [0.717, 1.165) is 18.3 Å². The lowest BCUT2D eigenvalue weighted by Crippen LogP contribution is -2.16. The number of hydrogen-bond acceptors (Lipinski definition) is 1. The largest absolute Gasteiger partial charge is 0.393 e. The molecule has 0 aromatic rings. The fraction of sp³-hybridized carbons (Fsp3) is 1.00. The molecule has 2 rings (SSSR count). The number of fused-ring (bicyclic) bond motifs is 2. The first-order chi connectivity index (χ1) is 4.29. The van der Waals surface area contributed by atoms with Crippen LogP contribution in [0.2, 0.25) is 0 Å². The molecular formula is C8H14O. The van der Waals surface area contributed by atoms with Crippen molar-refractivity contribution < 1.29 is 5.11 Å². The quantitative estimate of drug-likeness (QED) is 0.520. The van der Waals surface area contributed by atoms with Gasteiger partial charge in [-0.15, -0.1) is 0 Å². The van der Waals surface area contributed by atoms with E-state index >= 15 is 0 Å². The molecule has 1 heteroatoms. The standard InChI is InChI=1S/C8H14O/c1-5-6-2-3-7(5)8(9)4-6/h5-9H,2-4H2,1H3/t5?,6-,7-,8-/m0/s1. The normalized spacial score (nSPS) is 56.7. The minimum Gasteiger partial charge on any atom is -0.393 e. The van der Waals surface area contributed by atoms with Crippen LogP contribution < -0.4 is 0 Å². The predicted molar refractivity (Wildman–Crippen MR) is 36.0 cm³/mol. The molecule has 2 aliphatic carbocycles. The molecule has 0 saturated heterocycles. The van der Waals surface area contributed by atoms with E-state index in [1.807, 2.05) is 0 Å². The summed E-state index contributed by atoms with van der Waals surface area (Å²) in [4.78, 5) is 0. The number of aliphatic hydroxyl groups excluding tert-OH is 1. The summed E-state index contributed by atoms with van der Waals surface area (Å²) >= 11 is 0. The Balaban J connectivity index is 2.16. The number of aliphatic hydroxyl groups is 1. The van der Waals surface area contributed by atoms with E-state index in [1.165, 1.54) is 12.8 Å². The van der Waals surface area contributed by atoms with E-state index < -0.39 is 0 Å². The van der Waals surface area contributed by atoms with Gasteiger partial charge in [-0.1, -0.05) is 6.92 Å². The van der Waals surface area contributed by atoms with Gasteiger partial charge in [0.1, 0.15) is 0 Å². The molecule has 2 fully saturated rings. The smallest absolute Gasteiger partial charge is 0.0573 e. The average molecular weight is 126 g/mol. The summed E-state index contributed by atoms with van der Waals surface area (Å²) in [6, 6.07) is 0. The Hall–Kier alpha value is -0.0400. The van der Waals surface area contributed by atoms with Crippen LogP contribution in [0.25, 0.3) is 0 Å². The predicted octanol–water partition coefficient (Wildman–Crippen LogP) is 1.41. The van der Waals surface area contributed by atoms with Gasteiger partial charge >= 0.3 is 0 Å². The van der Waals surface area contributed by atoms with Crippen LogP contribution in [0.1, 0.15) is 26.2 Å². The van der Waals surface area contributed by atoms with Crippen LogP contribution in [0.5, 0.6) is 0 Å². The van der Waals surface area contributed by atoms with Crippen molar-refractivity contribution in [2.75, 3.05) is 0 Å². The maximum absolute atomic E-state index is 9.39. The van der Waals surface area contributed by atoms with Gasteiger partial charge in [-0.3, -0.25) is 0 Å². The highest BCUT2D eigenvalue weighted by atomic mass is 16.3. The van der Waals surface area contributed by atoms with Crippen molar-refractivity contribution in [3.05, 3.63) is 0 Å². The zero-order valence-corrected chi connectivity index (χ0v) is 5.88. The summed E-state index contributed by atoms with van der Waals surface area (Å²) in [5.74, 6) is 2.35. The molecule has 0 heterocycles. The molecule has 2 aliphatic rings. The molecule has 0 spiro atoms. The molecule has 4 atom stereocenters. The molecule has 0 radical (unpaired) electrons. The Morgan fingerprint density at radius 1 is 1.33 bits per heavy atom. The monoisotopic (exact) mass is 126 g/mol. The molecule has 1 unspecified atom stereocenters.